The molecule has 1 amide bonds. The summed E-state index contributed by atoms with van der Waals surface area (Å²) in [6.45, 7) is 1.20. The molecule has 0 radical (unpaired) electrons. The fourth-order valence-electron chi connectivity index (χ4n) is 3.58. The van der Waals surface area contributed by atoms with Gasteiger partial charge in [-0.05, 0) is 44.8 Å². The van der Waals surface area contributed by atoms with Crippen molar-refractivity contribution in [1.29, 1.82) is 0 Å². The predicted octanol–water partition coefficient (Wildman–Crippen LogP) is 3.07. The van der Waals surface area contributed by atoms with Crippen LogP contribution in [-0.2, 0) is 9.59 Å². The van der Waals surface area contributed by atoms with E-state index in [9.17, 15) is 14.7 Å². The highest BCUT2D eigenvalue weighted by molar-refractivity contribution is 6.46. The lowest BCUT2D eigenvalue weighted by Gasteiger charge is -2.26. The third-order valence-electron chi connectivity index (χ3n) is 5.00. The van der Waals surface area contributed by atoms with Gasteiger partial charge in [-0.3, -0.25) is 9.59 Å². The Hall–Kier alpha value is -3.12. The van der Waals surface area contributed by atoms with Crippen LogP contribution in [0.2, 0.25) is 0 Å². The molecular formula is C23H26N2O4. The van der Waals surface area contributed by atoms with E-state index in [1.54, 1.807) is 48.4 Å². The maximum atomic E-state index is 12.9. The first-order chi connectivity index (χ1) is 13.9. The predicted molar refractivity (Wildman–Crippen MR) is 112 cm³/mol. The Morgan fingerprint density at radius 3 is 2.48 bits per heavy atom. The Morgan fingerprint density at radius 2 is 1.83 bits per heavy atom. The minimum absolute atomic E-state index is 0.110. The summed E-state index contributed by atoms with van der Waals surface area (Å²) in [5, 5.41) is 10.9. The number of hydrogen-bond acceptors (Lipinski definition) is 5. The Bertz CT molecular complexity index is 921. The molecule has 1 aliphatic heterocycles. The second-order valence-electron chi connectivity index (χ2n) is 7.29. The van der Waals surface area contributed by atoms with Crippen LogP contribution in [0.4, 0.5) is 0 Å². The number of carbonyl (C=O) groups is 2. The molecule has 0 aliphatic carbocycles. The third-order valence-corrected chi connectivity index (χ3v) is 5.00. The Morgan fingerprint density at radius 1 is 1.10 bits per heavy atom. The van der Waals surface area contributed by atoms with E-state index in [-0.39, 0.29) is 11.3 Å². The number of Topliss-reactive ketones (excluding diaryl/α,β-unsaturated/α-hetero) is 1. The zero-order valence-electron chi connectivity index (χ0n) is 17.0. The number of nitrogens with zero attached hydrogens (tertiary/aromatic N) is 2. The third kappa shape index (κ3) is 4.32. The first-order valence-electron chi connectivity index (χ1n) is 9.56. The van der Waals surface area contributed by atoms with Crippen LogP contribution in [0.5, 0.6) is 5.75 Å². The normalized spacial score (nSPS) is 18.5. The highest BCUT2D eigenvalue weighted by Gasteiger charge is 2.45. The molecule has 0 spiro atoms. The lowest BCUT2D eigenvalue weighted by Crippen LogP contribution is -2.32. The van der Waals surface area contributed by atoms with Crippen LogP contribution in [0, 0.1) is 0 Å². The second kappa shape index (κ2) is 8.92. The molecular weight excluding hydrogens is 368 g/mol. The van der Waals surface area contributed by atoms with Gasteiger partial charge in [-0.1, -0.05) is 42.5 Å². The van der Waals surface area contributed by atoms with Gasteiger partial charge in [0.2, 0.25) is 0 Å². The van der Waals surface area contributed by atoms with Gasteiger partial charge in [-0.25, -0.2) is 0 Å². The van der Waals surface area contributed by atoms with Gasteiger partial charge in [0.05, 0.1) is 18.7 Å². The number of rotatable bonds is 7. The molecule has 1 unspecified atom stereocenters. The Kier molecular flexibility index (Phi) is 6.34. The highest BCUT2D eigenvalue weighted by Crippen LogP contribution is 2.40. The monoisotopic (exact) mass is 394 g/mol. The van der Waals surface area contributed by atoms with Crippen molar-refractivity contribution in [1.82, 2.24) is 9.80 Å². The zero-order chi connectivity index (χ0) is 21.0. The van der Waals surface area contributed by atoms with E-state index in [2.05, 4.69) is 0 Å². The lowest BCUT2D eigenvalue weighted by molar-refractivity contribution is -0.139. The number of methoxy groups -OCH3 is 1. The molecule has 2 aromatic carbocycles. The van der Waals surface area contributed by atoms with Crippen LogP contribution in [0.3, 0.4) is 0 Å². The van der Waals surface area contributed by atoms with E-state index in [1.165, 1.54) is 0 Å². The van der Waals surface area contributed by atoms with Crippen LogP contribution < -0.4 is 4.74 Å². The first kappa shape index (κ1) is 20.6. The van der Waals surface area contributed by atoms with Gasteiger partial charge in [0.15, 0.2) is 0 Å². The molecule has 1 fully saturated rings. The smallest absolute Gasteiger partial charge is 0.295 e. The van der Waals surface area contributed by atoms with Gasteiger partial charge in [0.1, 0.15) is 11.5 Å². The van der Waals surface area contributed by atoms with Gasteiger partial charge in [-0.15, -0.1) is 0 Å². The minimum Gasteiger partial charge on any atom is -0.507 e. The fraction of sp³-hybridized carbons (Fsp3) is 0.304. The van der Waals surface area contributed by atoms with Crippen molar-refractivity contribution in [2.45, 2.75) is 12.5 Å². The second-order valence-corrected chi connectivity index (χ2v) is 7.29. The molecule has 0 saturated carbocycles. The average molecular weight is 394 g/mol. The Labute approximate surface area is 171 Å². The molecule has 1 atom stereocenters. The van der Waals surface area contributed by atoms with Gasteiger partial charge in [-0.2, -0.15) is 0 Å². The van der Waals surface area contributed by atoms with Crippen LogP contribution in [0.15, 0.2) is 60.2 Å². The van der Waals surface area contributed by atoms with Crippen LogP contribution in [0.25, 0.3) is 5.76 Å². The van der Waals surface area contributed by atoms with Crippen molar-refractivity contribution >= 4 is 17.4 Å². The number of amides is 1. The highest BCUT2D eigenvalue weighted by atomic mass is 16.5. The number of ketones is 1. The topological polar surface area (TPSA) is 70.1 Å². The van der Waals surface area contributed by atoms with E-state index in [1.807, 2.05) is 37.2 Å². The first-order valence-corrected chi connectivity index (χ1v) is 9.56. The lowest BCUT2D eigenvalue weighted by atomic mass is 9.95. The summed E-state index contributed by atoms with van der Waals surface area (Å²) in [4.78, 5) is 29.3. The van der Waals surface area contributed by atoms with Crippen molar-refractivity contribution in [3.05, 3.63) is 71.3 Å². The zero-order valence-corrected chi connectivity index (χ0v) is 17.0. The summed E-state index contributed by atoms with van der Waals surface area (Å²) >= 11 is 0. The van der Waals surface area contributed by atoms with E-state index >= 15 is 0 Å². The van der Waals surface area contributed by atoms with Crippen molar-refractivity contribution in [2.75, 3.05) is 34.3 Å². The summed E-state index contributed by atoms with van der Waals surface area (Å²) in [6, 6.07) is 15.4. The van der Waals surface area contributed by atoms with E-state index in [0.717, 1.165) is 12.1 Å². The van der Waals surface area contributed by atoms with E-state index in [0.29, 0.717) is 24.3 Å². The summed E-state index contributed by atoms with van der Waals surface area (Å²) in [5.41, 5.74) is 1.34. The molecule has 1 aliphatic rings. The molecule has 0 bridgehead atoms. The number of ether oxygens (including phenoxy) is 1. The molecule has 2 aromatic rings. The number of aliphatic hydroxyl groups excluding tert-OH is 1. The molecule has 6 heteroatoms. The van der Waals surface area contributed by atoms with Gasteiger partial charge >= 0.3 is 0 Å². The van der Waals surface area contributed by atoms with Crippen molar-refractivity contribution in [2.24, 2.45) is 0 Å². The molecule has 0 aromatic heterocycles. The molecule has 29 heavy (non-hydrogen) atoms. The number of aliphatic hydroxyl groups is 1. The van der Waals surface area contributed by atoms with Gasteiger partial charge in [0.25, 0.3) is 11.7 Å². The number of hydrogen-bond donors (Lipinski definition) is 1. The molecule has 3 rings (SSSR count). The quantitative estimate of drug-likeness (QED) is 0.444. The summed E-state index contributed by atoms with van der Waals surface area (Å²) < 4.78 is 5.32. The van der Waals surface area contributed by atoms with E-state index < -0.39 is 17.7 Å². The minimum atomic E-state index is -0.663. The SMILES string of the molecule is COc1cccc(C2C(=C(O)c3ccccc3)C(=O)C(=O)N2CCCN(C)C)c1. The Balaban J connectivity index is 2.09. The van der Waals surface area contributed by atoms with Gasteiger partial charge < -0.3 is 19.6 Å². The maximum Gasteiger partial charge on any atom is 0.295 e. The fourth-order valence-corrected chi connectivity index (χ4v) is 3.58. The molecule has 1 saturated heterocycles. The van der Waals surface area contributed by atoms with Crippen LogP contribution >= 0.6 is 0 Å². The number of likely N-dealkylation sites (tertiary alicyclic amines) is 1. The molecule has 1 N–H and O–H groups in total. The maximum absolute atomic E-state index is 12.9. The van der Waals surface area contributed by atoms with Crippen molar-refractivity contribution in [3.8, 4) is 5.75 Å². The summed E-state index contributed by atoms with van der Waals surface area (Å²) in [7, 11) is 5.49. The van der Waals surface area contributed by atoms with Crippen molar-refractivity contribution < 1.29 is 19.4 Å². The summed E-state index contributed by atoms with van der Waals surface area (Å²) in [5.74, 6) is -0.786. The van der Waals surface area contributed by atoms with Crippen LogP contribution in [0.1, 0.15) is 23.6 Å². The number of carbonyl (C=O) groups excluding carboxylic acids is 2. The van der Waals surface area contributed by atoms with Gasteiger partial charge in [0, 0.05) is 12.1 Å². The van der Waals surface area contributed by atoms with Crippen molar-refractivity contribution in [3.63, 3.8) is 0 Å². The standard InChI is InChI=1S/C23H26N2O4/c1-24(2)13-8-14-25-20(17-11-7-12-18(15-17)29-3)19(22(27)23(25)28)21(26)16-9-5-4-6-10-16/h4-7,9-12,15,20,26H,8,13-14H2,1-3H3. The van der Waals surface area contributed by atoms with Crippen LogP contribution in [-0.4, -0.2) is 60.9 Å². The molecule has 1 heterocycles. The largest absolute Gasteiger partial charge is 0.507 e. The average Bonchev–Trinajstić information content (AvgIpc) is 2.98. The molecule has 152 valence electrons. The number of benzene rings is 2. The van der Waals surface area contributed by atoms with E-state index in [4.69, 9.17) is 4.74 Å². The summed E-state index contributed by atoms with van der Waals surface area (Å²) in [6.07, 6.45) is 0.714. The molecule has 6 nitrogen and oxygen atoms in total.